The molecule has 0 amide bonds. The van der Waals surface area contributed by atoms with E-state index >= 15 is 0 Å². The molecule has 0 radical (unpaired) electrons. The maximum atomic E-state index is 4.26. The standard InChI is InChI=1S/C11H20N4/c1-9-4-3-5-10(6-9)12-7-11-13-8-15(2)14-11/h8-10,12H,3-7H2,1-2H3. The quantitative estimate of drug-likeness (QED) is 0.818. The SMILES string of the molecule is CC1CCCC(NCc2ncn(C)n2)C1. The molecule has 0 bridgehead atoms. The van der Waals surface area contributed by atoms with Gasteiger partial charge in [0.1, 0.15) is 6.33 Å². The molecular weight excluding hydrogens is 188 g/mol. The van der Waals surface area contributed by atoms with Crippen LogP contribution in [0.25, 0.3) is 0 Å². The van der Waals surface area contributed by atoms with Crippen molar-refractivity contribution in [3.05, 3.63) is 12.2 Å². The molecule has 84 valence electrons. The lowest BCUT2D eigenvalue weighted by Gasteiger charge is -2.27. The molecule has 1 aromatic heterocycles. The Kier molecular flexibility index (Phi) is 3.36. The van der Waals surface area contributed by atoms with Crippen molar-refractivity contribution < 1.29 is 0 Å². The van der Waals surface area contributed by atoms with Crippen LogP contribution in [-0.2, 0) is 13.6 Å². The van der Waals surface area contributed by atoms with Crippen LogP contribution in [0.3, 0.4) is 0 Å². The van der Waals surface area contributed by atoms with Crippen LogP contribution in [0.1, 0.15) is 38.4 Å². The minimum absolute atomic E-state index is 0.664. The van der Waals surface area contributed by atoms with E-state index in [0.29, 0.717) is 6.04 Å². The normalized spacial score (nSPS) is 26.8. The zero-order chi connectivity index (χ0) is 10.7. The highest BCUT2D eigenvalue weighted by Crippen LogP contribution is 2.23. The fraction of sp³-hybridized carbons (Fsp3) is 0.818. The molecule has 1 saturated carbocycles. The largest absolute Gasteiger partial charge is 0.307 e. The van der Waals surface area contributed by atoms with Crippen molar-refractivity contribution in [3.8, 4) is 0 Å². The third-order valence-electron chi connectivity index (χ3n) is 3.13. The van der Waals surface area contributed by atoms with Crippen LogP contribution in [0, 0.1) is 5.92 Å². The van der Waals surface area contributed by atoms with Gasteiger partial charge in [-0.25, -0.2) is 4.98 Å². The van der Waals surface area contributed by atoms with Gasteiger partial charge in [0.05, 0.1) is 6.54 Å². The van der Waals surface area contributed by atoms with Crippen LogP contribution in [0.5, 0.6) is 0 Å². The van der Waals surface area contributed by atoms with E-state index in [1.54, 1.807) is 11.0 Å². The molecule has 0 aromatic carbocycles. The first kappa shape index (κ1) is 10.6. The van der Waals surface area contributed by atoms with Crippen LogP contribution in [0.4, 0.5) is 0 Å². The van der Waals surface area contributed by atoms with Crippen molar-refractivity contribution in [3.63, 3.8) is 0 Å². The predicted molar refractivity (Wildman–Crippen MR) is 59.3 cm³/mol. The maximum absolute atomic E-state index is 4.26. The van der Waals surface area contributed by atoms with Crippen LogP contribution < -0.4 is 5.32 Å². The zero-order valence-electron chi connectivity index (χ0n) is 9.61. The van der Waals surface area contributed by atoms with Crippen molar-refractivity contribution in [1.29, 1.82) is 0 Å². The summed E-state index contributed by atoms with van der Waals surface area (Å²) in [5.41, 5.74) is 0. The van der Waals surface area contributed by atoms with Gasteiger partial charge in [-0.2, -0.15) is 5.10 Å². The van der Waals surface area contributed by atoms with Crippen LogP contribution in [0.2, 0.25) is 0 Å². The van der Waals surface area contributed by atoms with Gasteiger partial charge in [0.15, 0.2) is 5.82 Å². The summed E-state index contributed by atoms with van der Waals surface area (Å²) >= 11 is 0. The van der Waals surface area contributed by atoms with Gasteiger partial charge in [-0.3, -0.25) is 4.68 Å². The highest BCUT2D eigenvalue weighted by molar-refractivity contribution is 4.83. The molecule has 1 aromatic rings. The second-order valence-corrected chi connectivity index (χ2v) is 4.68. The number of nitrogens with zero attached hydrogens (tertiary/aromatic N) is 3. The van der Waals surface area contributed by atoms with Gasteiger partial charge in [-0.05, 0) is 18.8 Å². The van der Waals surface area contributed by atoms with E-state index in [-0.39, 0.29) is 0 Å². The maximum Gasteiger partial charge on any atom is 0.164 e. The van der Waals surface area contributed by atoms with E-state index in [0.717, 1.165) is 18.3 Å². The number of rotatable bonds is 3. The van der Waals surface area contributed by atoms with Gasteiger partial charge >= 0.3 is 0 Å². The van der Waals surface area contributed by atoms with Crippen LogP contribution >= 0.6 is 0 Å². The summed E-state index contributed by atoms with van der Waals surface area (Å²) in [7, 11) is 1.90. The van der Waals surface area contributed by atoms with E-state index < -0.39 is 0 Å². The van der Waals surface area contributed by atoms with Crippen LogP contribution in [0.15, 0.2) is 6.33 Å². The molecule has 4 nitrogen and oxygen atoms in total. The number of hydrogen-bond donors (Lipinski definition) is 1. The highest BCUT2D eigenvalue weighted by atomic mass is 15.3. The molecule has 4 heteroatoms. The summed E-state index contributed by atoms with van der Waals surface area (Å²) in [4.78, 5) is 4.21. The molecular formula is C11H20N4. The smallest absolute Gasteiger partial charge is 0.164 e. The average Bonchev–Trinajstić information content (AvgIpc) is 2.62. The second kappa shape index (κ2) is 4.75. The molecule has 0 spiro atoms. The monoisotopic (exact) mass is 208 g/mol. The topological polar surface area (TPSA) is 42.7 Å². The molecule has 2 rings (SSSR count). The molecule has 2 atom stereocenters. The minimum atomic E-state index is 0.664. The van der Waals surface area contributed by atoms with E-state index in [2.05, 4.69) is 22.3 Å². The van der Waals surface area contributed by atoms with E-state index in [1.165, 1.54) is 25.7 Å². The van der Waals surface area contributed by atoms with Gasteiger partial charge < -0.3 is 5.32 Å². The van der Waals surface area contributed by atoms with Crippen molar-refractivity contribution in [2.24, 2.45) is 13.0 Å². The van der Waals surface area contributed by atoms with Gasteiger partial charge in [0.25, 0.3) is 0 Å². The number of nitrogens with one attached hydrogen (secondary N) is 1. The van der Waals surface area contributed by atoms with E-state index in [4.69, 9.17) is 0 Å². The van der Waals surface area contributed by atoms with Crippen LogP contribution in [-0.4, -0.2) is 20.8 Å². The summed E-state index contributed by atoms with van der Waals surface area (Å²) in [6.45, 7) is 3.14. The second-order valence-electron chi connectivity index (χ2n) is 4.68. The molecule has 1 heterocycles. The Morgan fingerprint density at radius 3 is 3.07 bits per heavy atom. The van der Waals surface area contributed by atoms with E-state index in [1.807, 2.05) is 7.05 Å². The number of hydrogen-bond acceptors (Lipinski definition) is 3. The molecule has 0 saturated heterocycles. The fourth-order valence-electron chi connectivity index (χ4n) is 2.32. The van der Waals surface area contributed by atoms with Gasteiger partial charge in [0.2, 0.25) is 0 Å². The summed E-state index contributed by atoms with van der Waals surface area (Å²) in [5.74, 6) is 1.77. The fourth-order valence-corrected chi connectivity index (χ4v) is 2.32. The Balaban J connectivity index is 1.77. The van der Waals surface area contributed by atoms with Gasteiger partial charge in [-0.1, -0.05) is 19.8 Å². The molecule has 15 heavy (non-hydrogen) atoms. The lowest BCUT2D eigenvalue weighted by molar-refractivity contribution is 0.299. The molecule has 1 aliphatic rings. The third kappa shape index (κ3) is 3.02. The molecule has 1 aliphatic carbocycles. The number of aryl methyl sites for hydroxylation is 1. The van der Waals surface area contributed by atoms with E-state index in [9.17, 15) is 0 Å². The molecule has 1 fully saturated rings. The first-order valence-electron chi connectivity index (χ1n) is 5.82. The van der Waals surface area contributed by atoms with Gasteiger partial charge in [-0.15, -0.1) is 0 Å². The first-order valence-corrected chi connectivity index (χ1v) is 5.82. The highest BCUT2D eigenvalue weighted by Gasteiger charge is 2.18. The average molecular weight is 208 g/mol. The zero-order valence-corrected chi connectivity index (χ0v) is 9.61. The molecule has 2 unspecified atom stereocenters. The Labute approximate surface area is 91.1 Å². The molecule has 1 N–H and O–H groups in total. The summed E-state index contributed by atoms with van der Waals surface area (Å²) in [6, 6.07) is 0.664. The summed E-state index contributed by atoms with van der Waals surface area (Å²) in [5, 5.41) is 7.80. The Morgan fingerprint density at radius 2 is 2.40 bits per heavy atom. The van der Waals surface area contributed by atoms with Crippen molar-refractivity contribution >= 4 is 0 Å². The Hall–Kier alpha value is -0.900. The Morgan fingerprint density at radius 1 is 1.53 bits per heavy atom. The Bertz CT molecular complexity index is 307. The van der Waals surface area contributed by atoms with Crippen molar-refractivity contribution in [2.45, 2.75) is 45.2 Å². The lowest BCUT2D eigenvalue weighted by Crippen LogP contribution is -2.33. The first-order chi connectivity index (χ1) is 7.24. The lowest BCUT2D eigenvalue weighted by atomic mass is 9.87. The predicted octanol–water partition coefficient (Wildman–Crippen LogP) is 1.48. The molecule has 0 aliphatic heterocycles. The minimum Gasteiger partial charge on any atom is -0.307 e. The van der Waals surface area contributed by atoms with Crippen molar-refractivity contribution in [2.75, 3.05) is 0 Å². The van der Waals surface area contributed by atoms with Crippen molar-refractivity contribution in [1.82, 2.24) is 20.1 Å². The third-order valence-corrected chi connectivity index (χ3v) is 3.13. The summed E-state index contributed by atoms with van der Waals surface area (Å²) < 4.78 is 1.75. The summed E-state index contributed by atoms with van der Waals surface area (Å²) in [6.07, 6.45) is 7.10. The number of aromatic nitrogens is 3. The van der Waals surface area contributed by atoms with Gasteiger partial charge in [0, 0.05) is 13.1 Å².